The van der Waals surface area contributed by atoms with Crippen molar-refractivity contribution in [1.82, 2.24) is 15.7 Å². The summed E-state index contributed by atoms with van der Waals surface area (Å²) in [5.41, 5.74) is 5.39. The normalized spacial score (nSPS) is 13.9. The summed E-state index contributed by atoms with van der Waals surface area (Å²) in [5.74, 6) is 0.0399. The Morgan fingerprint density at radius 2 is 1.94 bits per heavy atom. The molecule has 0 fully saturated rings. The third kappa shape index (κ3) is 4.79. The molecule has 33 heavy (non-hydrogen) atoms. The van der Waals surface area contributed by atoms with Gasteiger partial charge in [0.05, 0.1) is 22.9 Å². The van der Waals surface area contributed by atoms with Gasteiger partial charge in [0.1, 0.15) is 5.76 Å². The van der Waals surface area contributed by atoms with Crippen LogP contribution in [0.15, 0.2) is 58.2 Å². The number of nitro benzene ring substituents is 1. The van der Waals surface area contributed by atoms with Gasteiger partial charge in [0.15, 0.2) is 5.76 Å². The van der Waals surface area contributed by atoms with Crippen molar-refractivity contribution in [3.63, 3.8) is 0 Å². The van der Waals surface area contributed by atoms with E-state index in [4.69, 9.17) is 4.42 Å². The number of hydrazone groups is 1. The van der Waals surface area contributed by atoms with E-state index in [1.54, 1.807) is 19.2 Å². The van der Waals surface area contributed by atoms with Crippen molar-refractivity contribution < 1.29 is 18.9 Å². The van der Waals surface area contributed by atoms with Gasteiger partial charge < -0.3 is 9.73 Å². The molecule has 10 heteroatoms. The Morgan fingerprint density at radius 1 is 1.15 bits per heavy atom. The second-order valence-corrected chi connectivity index (χ2v) is 7.52. The van der Waals surface area contributed by atoms with Crippen LogP contribution in [0.3, 0.4) is 0 Å². The minimum atomic E-state index is -0.531. The quantitative estimate of drug-likeness (QED) is 0.439. The van der Waals surface area contributed by atoms with Gasteiger partial charge >= 0.3 is 0 Å². The minimum absolute atomic E-state index is 0.0994. The lowest BCUT2D eigenvalue weighted by molar-refractivity contribution is -0.384. The van der Waals surface area contributed by atoms with E-state index in [9.17, 15) is 19.7 Å². The van der Waals surface area contributed by atoms with Gasteiger partial charge in [-0.25, -0.2) is 5.43 Å². The number of carbonyl (C=O) groups is 2. The molecule has 2 aromatic heterocycles. The Bertz CT molecular complexity index is 1230. The molecule has 0 saturated heterocycles. The second kappa shape index (κ2) is 9.43. The first-order valence-corrected chi connectivity index (χ1v) is 10.4. The maximum absolute atomic E-state index is 12.7. The largest absolute Gasteiger partial charge is 0.455 e. The molecule has 2 amide bonds. The summed E-state index contributed by atoms with van der Waals surface area (Å²) in [6.45, 7) is 2.06. The molecular formula is C23H21N5O5. The number of amides is 2. The zero-order valence-electron chi connectivity index (χ0n) is 17.8. The Hall–Kier alpha value is -4.34. The zero-order valence-corrected chi connectivity index (χ0v) is 17.8. The van der Waals surface area contributed by atoms with Crippen molar-refractivity contribution in [2.75, 3.05) is 0 Å². The monoisotopic (exact) mass is 447 g/mol. The fourth-order valence-electron chi connectivity index (χ4n) is 3.67. The van der Waals surface area contributed by atoms with Crippen molar-refractivity contribution in [2.24, 2.45) is 5.10 Å². The highest BCUT2D eigenvalue weighted by Crippen LogP contribution is 2.30. The summed E-state index contributed by atoms with van der Waals surface area (Å²) < 4.78 is 5.85. The molecule has 168 valence electrons. The molecule has 1 aliphatic rings. The predicted molar refractivity (Wildman–Crippen MR) is 119 cm³/mol. The van der Waals surface area contributed by atoms with Crippen LogP contribution in [0.2, 0.25) is 0 Å². The van der Waals surface area contributed by atoms with Crippen LogP contribution in [0.5, 0.6) is 0 Å². The van der Waals surface area contributed by atoms with Crippen molar-refractivity contribution >= 4 is 23.2 Å². The summed E-state index contributed by atoms with van der Waals surface area (Å²) in [5, 5.41) is 17.8. The molecule has 3 aromatic rings. The number of hydrogen-bond donors (Lipinski definition) is 2. The van der Waals surface area contributed by atoms with Gasteiger partial charge in [-0.3, -0.25) is 24.7 Å². The van der Waals surface area contributed by atoms with Crippen LogP contribution in [0.25, 0.3) is 0 Å². The maximum atomic E-state index is 12.7. The van der Waals surface area contributed by atoms with Crippen molar-refractivity contribution in [3.05, 3.63) is 92.7 Å². The maximum Gasteiger partial charge on any atom is 0.287 e. The third-order valence-electron chi connectivity index (χ3n) is 5.32. The molecule has 10 nitrogen and oxygen atoms in total. The molecular weight excluding hydrogens is 426 g/mol. The Kier molecular flexibility index (Phi) is 6.25. The molecule has 2 heterocycles. The Labute approximate surface area is 188 Å². The highest BCUT2D eigenvalue weighted by molar-refractivity contribution is 6.07. The lowest BCUT2D eigenvalue weighted by atomic mass is 9.93. The molecule has 0 bridgehead atoms. The molecule has 0 unspecified atom stereocenters. The minimum Gasteiger partial charge on any atom is -0.455 e. The first-order valence-electron chi connectivity index (χ1n) is 10.4. The van der Waals surface area contributed by atoms with Crippen LogP contribution in [-0.4, -0.2) is 27.4 Å². The third-order valence-corrected chi connectivity index (χ3v) is 5.32. The number of rotatable bonds is 6. The number of aryl methyl sites for hydroxylation is 1. The van der Waals surface area contributed by atoms with E-state index in [0.29, 0.717) is 29.9 Å². The molecule has 0 radical (unpaired) electrons. The van der Waals surface area contributed by atoms with Crippen LogP contribution in [0, 0.1) is 17.0 Å². The number of aromatic nitrogens is 1. The topological polar surface area (TPSA) is 140 Å². The lowest BCUT2D eigenvalue weighted by Gasteiger charge is -2.13. The number of benzene rings is 1. The molecule has 1 aliphatic carbocycles. The van der Waals surface area contributed by atoms with Crippen molar-refractivity contribution in [2.45, 2.75) is 32.7 Å². The van der Waals surface area contributed by atoms with Gasteiger partial charge in [0.25, 0.3) is 17.5 Å². The number of furan rings is 1. The number of hydrogen-bond acceptors (Lipinski definition) is 7. The van der Waals surface area contributed by atoms with Gasteiger partial charge in [-0.1, -0.05) is 6.07 Å². The summed E-state index contributed by atoms with van der Waals surface area (Å²) in [4.78, 5) is 39.5. The van der Waals surface area contributed by atoms with Crippen LogP contribution < -0.4 is 10.7 Å². The highest BCUT2D eigenvalue weighted by atomic mass is 16.6. The van der Waals surface area contributed by atoms with E-state index in [-0.39, 0.29) is 29.5 Å². The van der Waals surface area contributed by atoms with Gasteiger partial charge in [0, 0.05) is 41.4 Å². The first-order chi connectivity index (χ1) is 15.9. The summed E-state index contributed by atoms with van der Waals surface area (Å²) in [6.07, 6.45) is 3.70. The Morgan fingerprint density at radius 3 is 2.64 bits per heavy atom. The van der Waals surface area contributed by atoms with Crippen LogP contribution >= 0.6 is 0 Å². The van der Waals surface area contributed by atoms with Gasteiger partial charge in [0.2, 0.25) is 0 Å². The number of nitrogens with zero attached hydrogens (tertiary/aromatic N) is 3. The van der Waals surface area contributed by atoms with Gasteiger partial charge in [-0.05, 0) is 44.0 Å². The summed E-state index contributed by atoms with van der Waals surface area (Å²) in [7, 11) is 0. The number of pyridine rings is 1. The fourth-order valence-corrected chi connectivity index (χ4v) is 3.67. The first kappa shape index (κ1) is 21.9. The fraction of sp³-hybridized carbons (Fsp3) is 0.217. The Balaban J connectivity index is 1.49. The number of fused-ring (bicyclic) bond motifs is 1. The molecule has 2 N–H and O–H groups in total. The molecule has 0 aliphatic heterocycles. The number of nitrogens with one attached hydrogen (secondary N) is 2. The van der Waals surface area contributed by atoms with Crippen LogP contribution in [0.4, 0.5) is 5.69 Å². The molecule has 4 rings (SSSR count). The van der Waals surface area contributed by atoms with E-state index < -0.39 is 10.8 Å². The van der Waals surface area contributed by atoms with E-state index in [1.807, 2.05) is 12.1 Å². The van der Waals surface area contributed by atoms with E-state index >= 15 is 0 Å². The van der Waals surface area contributed by atoms with Gasteiger partial charge in [-0.15, -0.1) is 0 Å². The number of nitro groups is 1. The standard InChI is InChI=1S/C23H21N5O5/c1-14-20-18(26-27-22(29)15-8-10-17(11-9-15)28(31)32)6-4-7-19(20)33-21(14)23(30)25-13-16-5-2-3-12-24-16/h2-3,5,8-12H,4,6-7,13H2,1H3,(H,25,30)(H,27,29)/b26-18+. The molecule has 0 spiro atoms. The average Bonchev–Trinajstić information content (AvgIpc) is 3.18. The predicted octanol–water partition coefficient (Wildman–Crippen LogP) is 3.29. The lowest BCUT2D eigenvalue weighted by Crippen LogP contribution is -2.24. The zero-order chi connectivity index (χ0) is 23.4. The molecule has 1 aromatic carbocycles. The van der Waals surface area contributed by atoms with E-state index in [2.05, 4.69) is 20.8 Å². The van der Waals surface area contributed by atoms with Crippen LogP contribution in [0.1, 0.15) is 56.3 Å². The SMILES string of the molecule is Cc1c(C(=O)NCc2ccccn2)oc2c1/C(=N/NC(=O)c1ccc([N+](=O)[O-])cc1)CCC2. The van der Waals surface area contributed by atoms with Crippen molar-refractivity contribution in [1.29, 1.82) is 0 Å². The van der Waals surface area contributed by atoms with E-state index in [0.717, 1.165) is 17.7 Å². The highest BCUT2D eigenvalue weighted by Gasteiger charge is 2.28. The van der Waals surface area contributed by atoms with Crippen molar-refractivity contribution in [3.8, 4) is 0 Å². The number of carbonyl (C=O) groups excluding carboxylic acids is 2. The molecule has 0 atom stereocenters. The number of non-ortho nitro benzene ring substituents is 1. The average molecular weight is 447 g/mol. The summed E-state index contributed by atoms with van der Waals surface area (Å²) in [6, 6.07) is 10.7. The summed E-state index contributed by atoms with van der Waals surface area (Å²) >= 11 is 0. The smallest absolute Gasteiger partial charge is 0.287 e. The second-order valence-electron chi connectivity index (χ2n) is 7.52. The van der Waals surface area contributed by atoms with E-state index in [1.165, 1.54) is 24.3 Å². The molecule has 0 saturated carbocycles. The van der Waals surface area contributed by atoms with Crippen LogP contribution in [-0.2, 0) is 13.0 Å². The van der Waals surface area contributed by atoms with Gasteiger partial charge in [-0.2, -0.15) is 5.10 Å².